The van der Waals surface area contributed by atoms with E-state index in [2.05, 4.69) is 58.6 Å². The van der Waals surface area contributed by atoms with Gasteiger partial charge in [-0.3, -0.25) is 14.9 Å². The van der Waals surface area contributed by atoms with Crippen molar-refractivity contribution in [2.75, 3.05) is 25.5 Å². The minimum atomic E-state index is -3.86. The molecule has 1 unspecified atom stereocenters. The van der Waals surface area contributed by atoms with Crippen LogP contribution in [0.15, 0.2) is 53.4 Å². The monoisotopic (exact) mass is 630 g/mol. The first kappa shape index (κ1) is 34.1. The smallest absolute Gasteiger partial charge is 0.248 e. The number of aliphatic hydroxyl groups excluding tert-OH is 1. The maximum absolute atomic E-state index is 13.2. The van der Waals surface area contributed by atoms with Crippen molar-refractivity contribution >= 4 is 38.3 Å². The lowest BCUT2D eigenvalue weighted by molar-refractivity contribution is -0.125. The molecule has 1 heterocycles. The van der Waals surface area contributed by atoms with Crippen molar-refractivity contribution in [1.82, 2.24) is 20.3 Å². The van der Waals surface area contributed by atoms with E-state index in [0.29, 0.717) is 17.2 Å². The predicted octanol–water partition coefficient (Wildman–Crippen LogP) is 3.34. The first-order valence-electron chi connectivity index (χ1n) is 14.1. The molecule has 234 valence electrons. The highest BCUT2D eigenvalue weighted by Crippen LogP contribution is 2.37. The summed E-state index contributed by atoms with van der Waals surface area (Å²) in [4.78, 5) is 29.8. The van der Waals surface area contributed by atoms with Crippen molar-refractivity contribution in [3.63, 3.8) is 0 Å². The second-order valence-electron chi connectivity index (χ2n) is 11.3. The summed E-state index contributed by atoms with van der Waals surface area (Å²) in [5, 5.41) is 20.8. The van der Waals surface area contributed by atoms with Crippen LogP contribution in [-0.2, 0) is 20.2 Å². The summed E-state index contributed by atoms with van der Waals surface area (Å²) < 4.78 is 27.6. The molecule has 0 saturated carbocycles. The number of nitrogens with one attached hydrogen (secondary N) is 4. The first-order chi connectivity index (χ1) is 20.2. The molecule has 0 aliphatic rings. The van der Waals surface area contributed by atoms with Gasteiger partial charge in [0.15, 0.2) is 5.13 Å². The van der Waals surface area contributed by atoms with Crippen LogP contribution in [0.3, 0.4) is 0 Å². The molecule has 13 heteroatoms. The van der Waals surface area contributed by atoms with Gasteiger partial charge in [-0.15, -0.1) is 0 Å². The fourth-order valence-corrected chi connectivity index (χ4v) is 6.29. The lowest BCUT2D eigenvalue weighted by atomic mass is 9.86. The van der Waals surface area contributed by atoms with Crippen LogP contribution in [0.25, 0.3) is 10.4 Å². The van der Waals surface area contributed by atoms with Gasteiger partial charge < -0.3 is 21.5 Å². The third-order valence-corrected chi connectivity index (χ3v) is 9.75. The van der Waals surface area contributed by atoms with E-state index in [0.717, 1.165) is 10.4 Å². The van der Waals surface area contributed by atoms with E-state index in [1.54, 1.807) is 7.05 Å². The number of sulfonamides is 1. The van der Waals surface area contributed by atoms with Crippen molar-refractivity contribution in [3.05, 3.63) is 65.4 Å². The number of carbonyl (C=O) groups excluding carboxylic acids is 2. The Kier molecular flexibility index (Phi) is 11.4. The van der Waals surface area contributed by atoms with Gasteiger partial charge in [-0.05, 0) is 46.7 Å². The molecule has 7 N–H and O–H groups in total. The standard InChI is InChI=1S/C30H42N6O5S2/c1-7-18(2)23(27(38)33-16-17-34-43(40,41)22-14-10-20(11-15-22)26(31)37)35-28(39)24-25(42-29(32-6)36-24)19-8-12-21(13-9-19)30(3,4)5/h8-15,18,23,28,34-35,39H,7,16-17H2,1-6H3,(H2,31,37)(H,32,36)(H,33,38)/t18-,23-,28?/m1/s1. The van der Waals surface area contributed by atoms with E-state index < -0.39 is 28.2 Å². The highest BCUT2D eigenvalue weighted by atomic mass is 32.2. The Balaban J connectivity index is 1.69. The molecule has 0 aliphatic heterocycles. The Morgan fingerprint density at radius 1 is 1.05 bits per heavy atom. The van der Waals surface area contributed by atoms with Gasteiger partial charge in [-0.25, -0.2) is 18.1 Å². The molecular weight excluding hydrogens is 589 g/mol. The minimum absolute atomic E-state index is 0.000571. The molecule has 3 atom stereocenters. The number of hydrogen-bond donors (Lipinski definition) is 6. The average molecular weight is 631 g/mol. The van der Waals surface area contributed by atoms with Crippen molar-refractivity contribution < 1.29 is 23.1 Å². The van der Waals surface area contributed by atoms with Gasteiger partial charge in [0.05, 0.1) is 15.8 Å². The van der Waals surface area contributed by atoms with Gasteiger partial charge in [0.1, 0.15) is 11.9 Å². The van der Waals surface area contributed by atoms with Crippen LogP contribution >= 0.6 is 11.3 Å². The number of rotatable bonds is 14. The molecule has 11 nitrogen and oxygen atoms in total. The molecular formula is C30H42N6O5S2. The largest absolute Gasteiger partial charge is 0.373 e. The lowest BCUT2D eigenvalue weighted by Crippen LogP contribution is -2.50. The minimum Gasteiger partial charge on any atom is -0.373 e. The predicted molar refractivity (Wildman–Crippen MR) is 170 cm³/mol. The summed E-state index contributed by atoms with van der Waals surface area (Å²) in [5.41, 5.74) is 7.91. The zero-order chi connectivity index (χ0) is 31.9. The maximum Gasteiger partial charge on any atom is 0.248 e. The van der Waals surface area contributed by atoms with Crippen LogP contribution in [0.1, 0.15) is 68.9 Å². The van der Waals surface area contributed by atoms with Gasteiger partial charge in [0.2, 0.25) is 21.8 Å². The summed E-state index contributed by atoms with van der Waals surface area (Å²) in [6, 6.07) is 12.6. The number of nitrogens with zero attached hydrogens (tertiary/aromatic N) is 1. The number of aromatic nitrogens is 1. The molecule has 3 rings (SSSR count). The molecule has 0 fully saturated rings. The summed E-state index contributed by atoms with van der Waals surface area (Å²) in [6.07, 6.45) is -0.576. The molecule has 0 bridgehead atoms. The number of anilines is 1. The molecule has 0 radical (unpaired) electrons. The summed E-state index contributed by atoms with van der Waals surface area (Å²) in [6.45, 7) is 10.2. The van der Waals surface area contributed by atoms with E-state index in [1.807, 2.05) is 26.0 Å². The van der Waals surface area contributed by atoms with Crippen LogP contribution < -0.4 is 26.4 Å². The normalized spacial score (nSPS) is 14.1. The van der Waals surface area contributed by atoms with Gasteiger partial charge in [-0.1, -0.05) is 76.6 Å². The molecule has 2 amide bonds. The van der Waals surface area contributed by atoms with Gasteiger partial charge in [-0.2, -0.15) is 0 Å². The number of hydrogen-bond acceptors (Lipinski definition) is 9. The topological polar surface area (TPSA) is 176 Å². The quantitative estimate of drug-likeness (QED) is 0.116. The summed E-state index contributed by atoms with van der Waals surface area (Å²) >= 11 is 1.41. The van der Waals surface area contributed by atoms with Crippen molar-refractivity contribution in [2.45, 2.75) is 63.6 Å². The number of thiazole rings is 1. The van der Waals surface area contributed by atoms with Crippen LogP contribution in [0.2, 0.25) is 0 Å². The molecule has 43 heavy (non-hydrogen) atoms. The number of amides is 2. The highest BCUT2D eigenvalue weighted by molar-refractivity contribution is 7.89. The third-order valence-electron chi connectivity index (χ3n) is 7.14. The molecule has 0 aliphatic carbocycles. The number of carbonyl (C=O) groups is 2. The van der Waals surface area contributed by atoms with E-state index in [4.69, 9.17) is 5.73 Å². The summed E-state index contributed by atoms with van der Waals surface area (Å²) in [5.74, 6) is -1.18. The van der Waals surface area contributed by atoms with Crippen molar-refractivity contribution in [3.8, 4) is 10.4 Å². The van der Waals surface area contributed by atoms with Crippen molar-refractivity contribution in [2.24, 2.45) is 11.7 Å². The molecule has 1 aromatic heterocycles. The number of benzene rings is 2. The Bertz CT molecular complexity index is 1500. The van der Waals surface area contributed by atoms with Gasteiger partial charge >= 0.3 is 0 Å². The second-order valence-corrected chi connectivity index (χ2v) is 14.1. The van der Waals surface area contributed by atoms with Gasteiger partial charge in [0, 0.05) is 25.7 Å². The number of primary amides is 1. The Morgan fingerprint density at radius 2 is 1.67 bits per heavy atom. The van der Waals surface area contributed by atoms with E-state index in [9.17, 15) is 23.1 Å². The second kappa shape index (κ2) is 14.4. The van der Waals surface area contributed by atoms with E-state index >= 15 is 0 Å². The molecule has 2 aromatic carbocycles. The average Bonchev–Trinajstić information content (AvgIpc) is 3.42. The number of nitrogens with two attached hydrogens (primary N) is 1. The molecule has 0 spiro atoms. The Labute approximate surface area is 257 Å². The SMILES string of the molecule is CC[C@@H](C)[C@@H](NC(O)c1nc(NC)sc1-c1ccc(C(C)(C)C)cc1)C(=O)NCCNS(=O)(=O)c1ccc(C(N)=O)cc1. The van der Waals surface area contributed by atoms with Crippen LogP contribution in [0.4, 0.5) is 5.13 Å². The van der Waals surface area contributed by atoms with E-state index in [1.165, 1.54) is 41.2 Å². The third kappa shape index (κ3) is 8.83. The lowest BCUT2D eigenvalue weighted by Gasteiger charge is -2.26. The van der Waals surface area contributed by atoms with Crippen LogP contribution in [0.5, 0.6) is 0 Å². The molecule has 0 saturated heterocycles. The van der Waals surface area contributed by atoms with Crippen LogP contribution in [0, 0.1) is 5.92 Å². The van der Waals surface area contributed by atoms with Crippen molar-refractivity contribution in [1.29, 1.82) is 0 Å². The fraction of sp³-hybridized carbons (Fsp3) is 0.433. The highest BCUT2D eigenvalue weighted by Gasteiger charge is 2.29. The van der Waals surface area contributed by atoms with Crippen LogP contribution in [-0.4, -0.2) is 56.5 Å². The fourth-order valence-electron chi connectivity index (χ4n) is 4.30. The molecule has 3 aromatic rings. The maximum atomic E-state index is 13.2. The summed E-state index contributed by atoms with van der Waals surface area (Å²) in [7, 11) is -2.10. The van der Waals surface area contributed by atoms with Gasteiger partial charge in [0.25, 0.3) is 0 Å². The first-order valence-corrected chi connectivity index (χ1v) is 16.4. The number of aliphatic hydroxyl groups is 1. The zero-order valence-corrected chi connectivity index (χ0v) is 27.0. The Morgan fingerprint density at radius 3 is 2.21 bits per heavy atom. The Hall–Kier alpha value is -3.36. The van der Waals surface area contributed by atoms with E-state index in [-0.39, 0.29) is 40.8 Å². The zero-order valence-electron chi connectivity index (χ0n) is 25.4.